The summed E-state index contributed by atoms with van der Waals surface area (Å²) in [6.07, 6.45) is 0.942. The molecular formula is C17H22FN5O. The average molecular weight is 331 g/mol. The van der Waals surface area contributed by atoms with Gasteiger partial charge in [0.25, 0.3) is 5.91 Å². The summed E-state index contributed by atoms with van der Waals surface area (Å²) in [7, 11) is 4.06. The zero-order valence-electron chi connectivity index (χ0n) is 14.4. The van der Waals surface area contributed by atoms with Crippen molar-refractivity contribution in [3.8, 4) is 5.69 Å². The molecule has 2 unspecified atom stereocenters. The second-order valence-electron chi connectivity index (χ2n) is 6.43. The molecule has 1 aliphatic heterocycles. The molecule has 7 heteroatoms. The van der Waals surface area contributed by atoms with E-state index in [0.29, 0.717) is 24.1 Å². The summed E-state index contributed by atoms with van der Waals surface area (Å²) in [6, 6.07) is 6.42. The molecule has 2 atom stereocenters. The largest absolute Gasteiger partial charge is 0.332 e. The summed E-state index contributed by atoms with van der Waals surface area (Å²) in [5.41, 5.74) is 0.682. The molecule has 1 aliphatic rings. The van der Waals surface area contributed by atoms with Crippen LogP contribution in [0.4, 0.5) is 4.39 Å². The molecule has 3 rings (SSSR count). The Hall–Kier alpha value is -2.28. The van der Waals surface area contributed by atoms with Crippen molar-refractivity contribution < 1.29 is 9.18 Å². The standard InChI is InChI=1S/C17H22FN5O/c1-11-15(21(3)4)9-10-22(11)17(24)16-19-12(2)23(20-16)14-7-5-13(18)6-8-14/h5-8,11,15H,9-10H2,1-4H3. The van der Waals surface area contributed by atoms with Gasteiger partial charge in [0.1, 0.15) is 11.6 Å². The van der Waals surface area contributed by atoms with Crippen LogP contribution in [0.25, 0.3) is 5.69 Å². The Bertz CT molecular complexity index is 740. The normalized spacial score (nSPS) is 20.8. The molecule has 1 aromatic heterocycles. The summed E-state index contributed by atoms with van der Waals surface area (Å²) >= 11 is 0. The predicted molar refractivity (Wildman–Crippen MR) is 88.6 cm³/mol. The fraction of sp³-hybridized carbons (Fsp3) is 0.471. The van der Waals surface area contributed by atoms with Gasteiger partial charge < -0.3 is 9.80 Å². The van der Waals surface area contributed by atoms with Crippen molar-refractivity contribution in [2.24, 2.45) is 0 Å². The molecule has 24 heavy (non-hydrogen) atoms. The maximum atomic E-state index is 13.1. The smallest absolute Gasteiger partial charge is 0.293 e. The zero-order valence-corrected chi connectivity index (χ0v) is 14.4. The van der Waals surface area contributed by atoms with E-state index in [2.05, 4.69) is 21.9 Å². The number of likely N-dealkylation sites (N-methyl/N-ethyl adjacent to an activating group) is 1. The third-order valence-electron chi connectivity index (χ3n) is 4.67. The first-order valence-corrected chi connectivity index (χ1v) is 8.05. The summed E-state index contributed by atoms with van der Waals surface area (Å²) in [6.45, 7) is 4.54. The molecular weight excluding hydrogens is 309 g/mol. The van der Waals surface area contributed by atoms with Crippen molar-refractivity contribution in [2.75, 3.05) is 20.6 Å². The number of nitrogens with zero attached hydrogens (tertiary/aromatic N) is 5. The fourth-order valence-electron chi connectivity index (χ4n) is 3.34. The number of carbonyl (C=O) groups is 1. The van der Waals surface area contributed by atoms with Crippen LogP contribution in [0.3, 0.4) is 0 Å². The Morgan fingerprint density at radius 3 is 2.54 bits per heavy atom. The summed E-state index contributed by atoms with van der Waals surface area (Å²) < 4.78 is 14.6. The summed E-state index contributed by atoms with van der Waals surface area (Å²) in [5.74, 6) is 0.313. The maximum absolute atomic E-state index is 13.1. The van der Waals surface area contributed by atoms with Crippen molar-refractivity contribution >= 4 is 5.91 Å². The van der Waals surface area contributed by atoms with E-state index >= 15 is 0 Å². The Kier molecular flexibility index (Phi) is 4.36. The number of aryl methyl sites for hydroxylation is 1. The van der Waals surface area contributed by atoms with Crippen LogP contribution in [-0.2, 0) is 0 Å². The first-order chi connectivity index (χ1) is 11.4. The SMILES string of the molecule is Cc1nc(C(=O)N2CCC(N(C)C)C2C)nn1-c1ccc(F)cc1. The number of hydrogen-bond acceptors (Lipinski definition) is 4. The minimum absolute atomic E-state index is 0.116. The number of rotatable bonds is 3. The lowest BCUT2D eigenvalue weighted by atomic mass is 10.1. The van der Waals surface area contributed by atoms with Gasteiger partial charge in [-0.15, -0.1) is 5.10 Å². The van der Waals surface area contributed by atoms with Gasteiger partial charge in [-0.05, 0) is 58.6 Å². The highest BCUT2D eigenvalue weighted by Crippen LogP contribution is 2.23. The van der Waals surface area contributed by atoms with Gasteiger partial charge in [-0.25, -0.2) is 14.1 Å². The van der Waals surface area contributed by atoms with Crippen LogP contribution in [-0.4, -0.2) is 63.2 Å². The van der Waals surface area contributed by atoms with Gasteiger partial charge in [-0.2, -0.15) is 0 Å². The summed E-state index contributed by atoms with van der Waals surface area (Å²) in [4.78, 5) is 21.1. The first-order valence-electron chi connectivity index (χ1n) is 8.05. The Balaban J connectivity index is 1.84. The molecule has 1 saturated heterocycles. The van der Waals surface area contributed by atoms with Gasteiger partial charge in [0.05, 0.1) is 5.69 Å². The minimum atomic E-state index is -0.312. The van der Waals surface area contributed by atoms with E-state index in [0.717, 1.165) is 6.42 Å². The molecule has 0 saturated carbocycles. The van der Waals surface area contributed by atoms with Crippen molar-refractivity contribution in [1.82, 2.24) is 24.6 Å². The molecule has 0 bridgehead atoms. The van der Waals surface area contributed by atoms with Crippen LogP contribution < -0.4 is 0 Å². The molecule has 0 aliphatic carbocycles. The molecule has 0 radical (unpaired) electrons. The van der Waals surface area contributed by atoms with Gasteiger partial charge >= 0.3 is 0 Å². The quantitative estimate of drug-likeness (QED) is 0.862. The highest BCUT2D eigenvalue weighted by atomic mass is 19.1. The van der Waals surface area contributed by atoms with Crippen LogP contribution in [0.1, 0.15) is 29.8 Å². The van der Waals surface area contributed by atoms with Crippen LogP contribution >= 0.6 is 0 Å². The Labute approximate surface area is 140 Å². The molecule has 2 aromatic rings. The van der Waals surface area contributed by atoms with Crippen LogP contribution in [0, 0.1) is 12.7 Å². The zero-order chi connectivity index (χ0) is 17.4. The average Bonchev–Trinajstić information content (AvgIpc) is 3.11. The molecule has 1 fully saturated rings. The predicted octanol–water partition coefficient (Wildman–Crippen LogP) is 1.88. The van der Waals surface area contributed by atoms with Crippen molar-refractivity contribution in [1.29, 1.82) is 0 Å². The van der Waals surface area contributed by atoms with Crippen molar-refractivity contribution in [3.63, 3.8) is 0 Å². The lowest BCUT2D eigenvalue weighted by molar-refractivity contribution is 0.0708. The highest BCUT2D eigenvalue weighted by Gasteiger charge is 2.36. The highest BCUT2D eigenvalue weighted by molar-refractivity contribution is 5.91. The van der Waals surface area contributed by atoms with Crippen LogP contribution in [0.5, 0.6) is 0 Å². The van der Waals surface area contributed by atoms with E-state index in [4.69, 9.17) is 0 Å². The maximum Gasteiger partial charge on any atom is 0.293 e. The van der Waals surface area contributed by atoms with Gasteiger partial charge in [0.2, 0.25) is 5.82 Å². The monoisotopic (exact) mass is 331 g/mol. The van der Waals surface area contributed by atoms with Crippen molar-refractivity contribution in [2.45, 2.75) is 32.4 Å². The molecule has 1 amide bonds. The second kappa shape index (κ2) is 6.32. The van der Waals surface area contributed by atoms with Gasteiger partial charge in [-0.1, -0.05) is 0 Å². The Morgan fingerprint density at radius 2 is 1.96 bits per heavy atom. The number of benzene rings is 1. The van der Waals surface area contributed by atoms with E-state index in [1.54, 1.807) is 23.7 Å². The van der Waals surface area contributed by atoms with E-state index in [1.807, 2.05) is 19.0 Å². The van der Waals surface area contributed by atoms with Crippen LogP contribution in [0.2, 0.25) is 0 Å². The molecule has 6 nitrogen and oxygen atoms in total. The van der Waals surface area contributed by atoms with Gasteiger partial charge in [-0.3, -0.25) is 4.79 Å². The van der Waals surface area contributed by atoms with Crippen LogP contribution in [0.15, 0.2) is 24.3 Å². The molecule has 2 heterocycles. The molecule has 128 valence electrons. The number of halogens is 1. The Morgan fingerprint density at radius 1 is 1.29 bits per heavy atom. The van der Waals surface area contributed by atoms with E-state index in [9.17, 15) is 9.18 Å². The van der Waals surface area contributed by atoms with E-state index in [1.165, 1.54) is 12.1 Å². The number of amides is 1. The fourth-order valence-corrected chi connectivity index (χ4v) is 3.34. The second-order valence-corrected chi connectivity index (χ2v) is 6.43. The topological polar surface area (TPSA) is 54.3 Å². The third-order valence-corrected chi connectivity index (χ3v) is 4.67. The molecule has 0 spiro atoms. The number of hydrogen-bond donors (Lipinski definition) is 0. The van der Waals surface area contributed by atoms with Gasteiger partial charge in [0, 0.05) is 18.6 Å². The molecule has 0 N–H and O–H groups in total. The van der Waals surface area contributed by atoms with Gasteiger partial charge in [0.15, 0.2) is 0 Å². The first kappa shape index (κ1) is 16.6. The lowest BCUT2D eigenvalue weighted by Gasteiger charge is -2.27. The minimum Gasteiger partial charge on any atom is -0.332 e. The van der Waals surface area contributed by atoms with E-state index in [-0.39, 0.29) is 23.6 Å². The summed E-state index contributed by atoms with van der Waals surface area (Å²) in [5, 5.41) is 4.34. The van der Waals surface area contributed by atoms with Crippen molar-refractivity contribution in [3.05, 3.63) is 41.7 Å². The number of aromatic nitrogens is 3. The molecule has 1 aromatic carbocycles. The number of carbonyl (C=O) groups excluding carboxylic acids is 1. The van der Waals surface area contributed by atoms with E-state index < -0.39 is 0 Å². The number of likely N-dealkylation sites (tertiary alicyclic amines) is 1. The third kappa shape index (κ3) is 2.91. The lowest BCUT2D eigenvalue weighted by Crippen LogP contribution is -2.42.